The van der Waals surface area contributed by atoms with Crippen molar-refractivity contribution in [1.82, 2.24) is 14.9 Å². The van der Waals surface area contributed by atoms with Crippen LogP contribution in [0.3, 0.4) is 0 Å². The van der Waals surface area contributed by atoms with Gasteiger partial charge in [0.15, 0.2) is 0 Å². The van der Waals surface area contributed by atoms with Gasteiger partial charge in [-0.3, -0.25) is 9.78 Å². The van der Waals surface area contributed by atoms with Gasteiger partial charge >= 0.3 is 0 Å². The van der Waals surface area contributed by atoms with Gasteiger partial charge in [0, 0.05) is 42.3 Å². The van der Waals surface area contributed by atoms with Crippen LogP contribution < -0.4 is 5.32 Å². The average molecular weight is 358 g/mol. The summed E-state index contributed by atoms with van der Waals surface area (Å²) < 4.78 is 15.0. The first-order valence-electron chi connectivity index (χ1n) is 7.91. The number of hydrogen-bond donors (Lipinski definition) is 1. The summed E-state index contributed by atoms with van der Waals surface area (Å²) in [6.07, 6.45) is 5.37. The number of pyridine rings is 1. The van der Waals surface area contributed by atoms with Crippen molar-refractivity contribution >= 4 is 17.5 Å². The zero-order valence-corrected chi connectivity index (χ0v) is 14.4. The molecule has 2 aromatic heterocycles. The molecule has 0 bridgehead atoms. The third-order valence-electron chi connectivity index (χ3n) is 3.94. The predicted molar refractivity (Wildman–Crippen MR) is 95.9 cm³/mol. The van der Waals surface area contributed by atoms with Crippen molar-refractivity contribution in [3.63, 3.8) is 0 Å². The normalized spacial score (nSPS) is 10.7. The molecule has 0 saturated carbocycles. The number of nitrogens with one attached hydrogen (secondary N) is 1. The first-order chi connectivity index (χ1) is 12.1. The van der Waals surface area contributed by atoms with Gasteiger partial charge in [0.1, 0.15) is 11.5 Å². The fraction of sp³-hybridized carbons (Fsp3) is 0.158. The Morgan fingerprint density at radius 3 is 2.64 bits per heavy atom. The van der Waals surface area contributed by atoms with Crippen molar-refractivity contribution < 1.29 is 9.18 Å². The standard InChI is InChI=1S/C19H17ClFN3O/c1-2-24-12-15(13-5-7-22-8-6-13)9-18(24)19(25)23-11-14-3-4-16(21)10-17(14)20/h3-10,12H,2,11H2,1H3,(H,23,25). The van der Waals surface area contributed by atoms with Gasteiger partial charge in [0.25, 0.3) is 5.91 Å². The number of hydrogen-bond acceptors (Lipinski definition) is 2. The van der Waals surface area contributed by atoms with E-state index in [1.54, 1.807) is 18.5 Å². The zero-order chi connectivity index (χ0) is 17.8. The molecule has 0 unspecified atom stereocenters. The molecule has 1 amide bonds. The molecule has 1 aromatic carbocycles. The van der Waals surface area contributed by atoms with E-state index in [1.165, 1.54) is 12.1 Å². The summed E-state index contributed by atoms with van der Waals surface area (Å²) >= 11 is 6.00. The molecule has 0 fully saturated rings. The number of benzene rings is 1. The Kier molecular flexibility index (Phi) is 5.14. The van der Waals surface area contributed by atoms with Crippen LogP contribution >= 0.6 is 11.6 Å². The lowest BCUT2D eigenvalue weighted by Gasteiger charge is -2.09. The Morgan fingerprint density at radius 1 is 1.20 bits per heavy atom. The van der Waals surface area contributed by atoms with E-state index >= 15 is 0 Å². The third kappa shape index (κ3) is 3.88. The molecule has 0 spiro atoms. The highest BCUT2D eigenvalue weighted by Crippen LogP contribution is 2.22. The highest BCUT2D eigenvalue weighted by molar-refractivity contribution is 6.31. The number of aromatic nitrogens is 2. The SMILES string of the molecule is CCn1cc(-c2ccncc2)cc1C(=O)NCc1ccc(F)cc1Cl. The highest BCUT2D eigenvalue weighted by atomic mass is 35.5. The van der Waals surface area contributed by atoms with Crippen LogP contribution in [-0.2, 0) is 13.1 Å². The minimum absolute atomic E-state index is 0.206. The first kappa shape index (κ1) is 17.2. The Hall–Kier alpha value is -2.66. The van der Waals surface area contributed by atoms with Crippen LogP contribution in [0, 0.1) is 5.82 Å². The number of halogens is 2. The molecule has 0 aliphatic rings. The van der Waals surface area contributed by atoms with Gasteiger partial charge in [-0.15, -0.1) is 0 Å². The van der Waals surface area contributed by atoms with Crippen molar-refractivity contribution in [2.75, 3.05) is 0 Å². The Balaban J connectivity index is 1.78. The lowest BCUT2D eigenvalue weighted by atomic mass is 10.1. The number of rotatable bonds is 5. The fourth-order valence-electron chi connectivity index (χ4n) is 2.60. The number of aryl methyl sites for hydroxylation is 1. The molecule has 0 saturated heterocycles. The summed E-state index contributed by atoms with van der Waals surface area (Å²) in [6.45, 7) is 2.88. The van der Waals surface area contributed by atoms with Gasteiger partial charge in [-0.1, -0.05) is 17.7 Å². The average Bonchev–Trinajstić information content (AvgIpc) is 3.06. The fourth-order valence-corrected chi connectivity index (χ4v) is 2.83. The summed E-state index contributed by atoms with van der Waals surface area (Å²) in [5, 5.41) is 3.13. The molecular formula is C19H17ClFN3O. The molecule has 0 aliphatic heterocycles. The van der Waals surface area contributed by atoms with Crippen LogP contribution in [-0.4, -0.2) is 15.5 Å². The van der Waals surface area contributed by atoms with Gasteiger partial charge < -0.3 is 9.88 Å². The van der Waals surface area contributed by atoms with Crippen LogP contribution in [0.15, 0.2) is 55.0 Å². The Bertz CT molecular complexity index is 893. The Morgan fingerprint density at radius 2 is 1.96 bits per heavy atom. The zero-order valence-electron chi connectivity index (χ0n) is 13.7. The number of nitrogens with zero attached hydrogens (tertiary/aromatic N) is 2. The molecule has 25 heavy (non-hydrogen) atoms. The van der Waals surface area contributed by atoms with Crippen molar-refractivity contribution in [2.24, 2.45) is 0 Å². The van der Waals surface area contributed by atoms with E-state index in [0.717, 1.165) is 11.1 Å². The number of carbonyl (C=O) groups is 1. The monoisotopic (exact) mass is 357 g/mol. The lowest BCUT2D eigenvalue weighted by Crippen LogP contribution is -2.25. The van der Waals surface area contributed by atoms with E-state index in [9.17, 15) is 9.18 Å². The van der Waals surface area contributed by atoms with E-state index in [0.29, 0.717) is 22.8 Å². The smallest absolute Gasteiger partial charge is 0.268 e. The van der Waals surface area contributed by atoms with E-state index in [-0.39, 0.29) is 12.5 Å². The summed E-state index contributed by atoms with van der Waals surface area (Å²) in [5.74, 6) is -0.607. The molecule has 0 aliphatic carbocycles. The van der Waals surface area contributed by atoms with Gasteiger partial charge in [-0.25, -0.2) is 4.39 Å². The lowest BCUT2D eigenvalue weighted by molar-refractivity contribution is 0.0942. The molecule has 4 nitrogen and oxygen atoms in total. The van der Waals surface area contributed by atoms with Gasteiger partial charge in [0.05, 0.1) is 0 Å². The summed E-state index contributed by atoms with van der Waals surface area (Å²) in [5.41, 5.74) is 3.18. The van der Waals surface area contributed by atoms with Crippen LogP contribution in [0.5, 0.6) is 0 Å². The second-order valence-electron chi connectivity index (χ2n) is 5.55. The molecular weight excluding hydrogens is 341 g/mol. The quantitative estimate of drug-likeness (QED) is 0.740. The van der Waals surface area contributed by atoms with Gasteiger partial charge in [-0.05, 0) is 48.4 Å². The minimum Gasteiger partial charge on any atom is -0.347 e. The maximum atomic E-state index is 13.1. The molecule has 1 N–H and O–H groups in total. The van der Waals surface area contributed by atoms with Crippen molar-refractivity contribution in [1.29, 1.82) is 0 Å². The molecule has 3 aromatic rings. The topological polar surface area (TPSA) is 46.9 Å². The predicted octanol–water partition coefficient (Wildman–Crippen LogP) is 4.29. The van der Waals surface area contributed by atoms with Gasteiger partial charge in [-0.2, -0.15) is 0 Å². The molecule has 3 rings (SSSR count). The number of amides is 1. The van der Waals surface area contributed by atoms with E-state index in [4.69, 9.17) is 11.6 Å². The van der Waals surface area contributed by atoms with Crippen LogP contribution in [0.2, 0.25) is 5.02 Å². The van der Waals surface area contributed by atoms with Crippen molar-refractivity contribution in [2.45, 2.75) is 20.0 Å². The number of carbonyl (C=O) groups excluding carboxylic acids is 1. The van der Waals surface area contributed by atoms with Gasteiger partial charge in [0.2, 0.25) is 0 Å². The molecule has 128 valence electrons. The summed E-state index contributed by atoms with van der Waals surface area (Å²) in [7, 11) is 0. The maximum Gasteiger partial charge on any atom is 0.268 e. The third-order valence-corrected chi connectivity index (χ3v) is 4.29. The van der Waals surface area contributed by atoms with E-state index in [2.05, 4.69) is 10.3 Å². The molecule has 6 heteroatoms. The summed E-state index contributed by atoms with van der Waals surface area (Å²) in [4.78, 5) is 16.6. The molecule has 0 atom stereocenters. The second-order valence-corrected chi connectivity index (χ2v) is 5.96. The van der Waals surface area contributed by atoms with Crippen molar-refractivity contribution in [3.05, 3.63) is 77.1 Å². The van der Waals surface area contributed by atoms with Crippen molar-refractivity contribution in [3.8, 4) is 11.1 Å². The second kappa shape index (κ2) is 7.49. The first-order valence-corrected chi connectivity index (χ1v) is 8.29. The van der Waals surface area contributed by atoms with Crippen LogP contribution in [0.25, 0.3) is 11.1 Å². The van der Waals surface area contributed by atoms with Crippen LogP contribution in [0.4, 0.5) is 4.39 Å². The maximum absolute atomic E-state index is 13.1. The summed E-state index contributed by atoms with van der Waals surface area (Å²) in [6, 6.07) is 9.77. The van der Waals surface area contributed by atoms with Crippen LogP contribution in [0.1, 0.15) is 23.0 Å². The molecule has 2 heterocycles. The van der Waals surface area contributed by atoms with E-state index in [1.807, 2.05) is 35.9 Å². The molecule has 0 radical (unpaired) electrons. The highest BCUT2D eigenvalue weighted by Gasteiger charge is 2.14. The largest absolute Gasteiger partial charge is 0.347 e. The van der Waals surface area contributed by atoms with E-state index < -0.39 is 5.82 Å². The minimum atomic E-state index is -0.401. The Labute approximate surface area is 150 Å².